The Morgan fingerprint density at radius 3 is 2.62 bits per heavy atom. The van der Waals surface area contributed by atoms with Gasteiger partial charge in [-0.3, -0.25) is 4.79 Å². The monoisotopic (exact) mass is 383 g/mol. The Hall–Kier alpha value is -1.92. The molecule has 0 radical (unpaired) electrons. The molecule has 2 heterocycles. The lowest BCUT2D eigenvalue weighted by Gasteiger charge is -2.17. The zero-order valence-electron chi connectivity index (χ0n) is 15.1. The lowest BCUT2D eigenvalue weighted by Crippen LogP contribution is -2.29. The van der Waals surface area contributed by atoms with Gasteiger partial charge in [0, 0.05) is 16.3 Å². The van der Waals surface area contributed by atoms with Crippen LogP contribution < -0.4 is 5.32 Å². The molecule has 0 saturated heterocycles. The van der Waals surface area contributed by atoms with Crippen LogP contribution in [0.15, 0.2) is 35.4 Å². The van der Waals surface area contributed by atoms with Crippen LogP contribution in [0.1, 0.15) is 39.9 Å². The van der Waals surface area contributed by atoms with Gasteiger partial charge in [0.2, 0.25) is 5.91 Å². The third-order valence-electron chi connectivity index (χ3n) is 4.60. The molecule has 1 aromatic carbocycles. The van der Waals surface area contributed by atoms with Crippen molar-refractivity contribution in [2.75, 3.05) is 0 Å². The van der Waals surface area contributed by atoms with Crippen LogP contribution in [-0.4, -0.2) is 21.9 Å². The molecule has 0 unspecified atom stereocenters. The van der Waals surface area contributed by atoms with Gasteiger partial charge >= 0.3 is 0 Å². The topological polar surface area (TPSA) is 54.9 Å². The van der Waals surface area contributed by atoms with E-state index in [1.807, 2.05) is 37.3 Å². The Bertz CT molecular complexity index is 964. The average molecular weight is 384 g/mol. The number of aryl methyl sites for hydroxylation is 3. The summed E-state index contributed by atoms with van der Waals surface area (Å²) >= 11 is 3.23. The highest BCUT2D eigenvalue weighted by Gasteiger charge is 2.30. The second-order valence-electron chi connectivity index (χ2n) is 6.73. The molecule has 3 aromatic rings. The summed E-state index contributed by atoms with van der Waals surface area (Å²) < 4.78 is 0. The van der Waals surface area contributed by atoms with Gasteiger partial charge in [-0.1, -0.05) is 42.1 Å². The van der Waals surface area contributed by atoms with Gasteiger partial charge in [-0.15, -0.1) is 11.3 Å². The summed E-state index contributed by atoms with van der Waals surface area (Å²) in [6, 6.07) is 10.3. The second kappa shape index (κ2) is 7.00. The summed E-state index contributed by atoms with van der Waals surface area (Å²) in [5, 5.41) is 4.83. The van der Waals surface area contributed by atoms with E-state index in [4.69, 9.17) is 4.98 Å². The summed E-state index contributed by atoms with van der Waals surface area (Å²) in [6.07, 6.45) is 2.16. The Morgan fingerprint density at radius 2 is 1.92 bits per heavy atom. The van der Waals surface area contributed by atoms with Crippen molar-refractivity contribution in [1.82, 2.24) is 15.3 Å². The van der Waals surface area contributed by atoms with E-state index in [-0.39, 0.29) is 11.2 Å². The Kier molecular flexibility index (Phi) is 4.71. The number of hydrogen-bond acceptors (Lipinski definition) is 5. The molecule has 1 atom stereocenters. The van der Waals surface area contributed by atoms with Gasteiger partial charge < -0.3 is 5.32 Å². The summed E-state index contributed by atoms with van der Waals surface area (Å²) in [4.78, 5) is 24.5. The highest BCUT2D eigenvalue weighted by molar-refractivity contribution is 8.00. The minimum atomic E-state index is -0.311. The SMILES string of the molecule is Cc1nc(S[C@H](C(=O)NC2CC2)c2ccccc2)c2c(C)c(C)sc2n1. The number of carbonyl (C=O) groups excluding carboxylic acids is 1. The van der Waals surface area contributed by atoms with Gasteiger partial charge in [0.05, 0.1) is 0 Å². The average Bonchev–Trinajstić information content (AvgIpc) is 3.38. The van der Waals surface area contributed by atoms with E-state index in [1.165, 1.54) is 22.2 Å². The minimum Gasteiger partial charge on any atom is -0.352 e. The summed E-state index contributed by atoms with van der Waals surface area (Å²) in [5.74, 6) is 0.813. The highest BCUT2D eigenvalue weighted by atomic mass is 32.2. The number of rotatable bonds is 5. The van der Waals surface area contributed by atoms with Crippen LogP contribution in [0, 0.1) is 20.8 Å². The van der Waals surface area contributed by atoms with Crippen molar-refractivity contribution in [3.8, 4) is 0 Å². The highest BCUT2D eigenvalue weighted by Crippen LogP contribution is 2.41. The molecule has 1 fully saturated rings. The first-order chi connectivity index (χ1) is 12.5. The van der Waals surface area contributed by atoms with Crippen LogP contribution in [-0.2, 0) is 4.79 Å². The number of hydrogen-bond donors (Lipinski definition) is 1. The third kappa shape index (κ3) is 3.48. The molecule has 4 rings (SSSR count). The lowest BCUT2D eigenvalue weighted by atomic mass is 10.1. The molecule has 0 aliphatic heterocycles. The van der Waals surface area contributed by atoms with Gasteiger partial charge in [0.25, 0.3) is 0 Å². The first-order valence-corrected chi connectivity index (χ1v) is 10.5. The number of amides is 1. The van der Waals surface area contributed by atoms with E-state index in [1.54, 1.807) is 11.3 Å². The maximum absolute atomic E-state index is 12.9. The fourth-order valence-electron chi connectivity index (χ4n) is 2.92. The van der Waals surface area contributed by atoms with Crippen molar-refractivity contribution in [2.24, 2.45) is 0 Å². The molecule has 6 heteroatoms. The third-order valence-corrected chi connectivity index (χ3v) is 6.94. The van der Waals surface area contributed by atoms with E-state index in [9.17, 15) is 4.79 Å². The molecule has 1 aliphatic carbocycles. The number of nitrogens with zero attached hydrogens (tertiary/aromatic N) is 2. The Labute approximate surface area is 161 Å². The maximum Gasteiger partial charge on any atom is 0.238 e. The van der Waals surface area contributed by atoms with E-state index in [0.717, 1.165) is 39.5 Å². The van der Waals surface area contributed by atoms with Gasteiger partial charge in [-0.2, -0.15) is 0 Å². The van der Waals surface area contributed by atoms with Gasteiger partial charge in [-0.25, -0.2) is 9.97 Å². The largest absolute Gasteiger partial charge is 0.352 e. The molecule has 1 aliphatic rings. The number of nitrogens with one attached hydrogen (secondary N) is 1. The first-order valence-electron chi connectivity index (χ1n) is 8.79. The van der Waals surface area contributed by atoms with Crippen molar-refractivity contribution in [2.45, 2.75) is 49.9 Å². The minimum absolute atomic E-state index is 0.0673. The molecule has 134 valence electrons. The number of benzene rings is 1. The first kappa shape index (κ1) is 17.5. The number of fused-ring (bicyclic) bond motifs is 1. The molecule has 1 saturated carbocycles. The normalized spacial score (nSPS) is 15.2. The van der Waals surface area contributed by atoms with Crippen molar-refractivity contribution in [3.05, 3.63) is 52.2 Å². The van der Waals surface area contributed by atoms with E-state index in [0.29, 0.717) is 6.04 Å². The van der Waals surface area contributed by atoms with Crippen molar-refractivity contribution in [3.63, 3.8) is 0 Å². The van der Waals surface area contributed by atoms with E-state index >= 15 is 0 Å². The number of thioether (sulfide) groups is 1. The van der Waals surface area contributed by atoms with Crippen LogP contribution >= 0.6 is 23.1 Å². The molecular weight excluding hydrogens is 362 g/mol. The van der Waals surface area contributed by atoms with Gasteiger partial charge in [-0.05, 0) is 44.7 Å². The zero-order chi connectivity index (χ0) is 18.3. The maximum atomic E-state index is 12.9. The fourth-order valence-corrected chi connectivity index (χ4v) is 5.30. The number of thiophene rings is 1. The summed E-state index contributed by atoms with van der Waals surface area (Å²) in [7, 11) is 0. The molecule has 1 N–H and O–H groups in total. The van der Waals surface area contributed by atoms with E-state index in [2.05, 4.69) is 24.1 Å². The number of carbonyl (C=O) groups is 1. The predicted octanol–water partition coefficient (Wildman–Crippen LogP) is 4.73. The molecule has 1 amide bonds. The molecule has 26 heavy (non-hydrogen) atoms. The van der Waals surface area contributed by atoms with Crippen LogP contribution in [0.5, 0.6) is 0 Å². The quantitative estimate of drug-likeness (QED) is 0.511. The summed E-state index contributed by atoms with van der Waals surface area (Å²) in [5.41, 5.74) is 2.21. The predicted molar refractivity (Wildman–Crippen MR) is 108 cm³/mol. The Balaban J connectivity index is 1.76. The van der Waals surface area contributed by atoms with E-state index < -0.39 is 0 Å². The number of aromatic nitrogens is 2. The van der Waals surface area contributed by atoms with Crippen LogP contribution in [0.4, 0.5) is 0 Å². The van der Waals surface area contributed by atoms with Crippen LogP contribution in [0.3, 0.4) is 0 Å². The van der Waals surface area contributed by atoms with Gasteiger partial charge in [0.1, 0.15) is 20.9 Å². The smallest absolute Gasteiger partial charge is 0.238 e. The zero-order valence-corrected chi connectivity index (χ0v) is 16.7. The van der Waals surface area contributed by atoms with Gasteiger partial charge in [0.15, 0.2) is 0 Å². The second-order valence-corrected chi connectivity index (χ2v) is 9.03. The van der Waals surface area contributed by atoms with Crippen LogP contribution in [0.25, 0.3) is 10.2 Å². The van der Waals surface area contributed by atoms with Crippen molar-refractivity contribution < 1.29 is 4.79 Å². The van der Waals surface area contributed by atoms with Crippen molar-refractivity contribution >= 4 is 39.2 Å². The lowest BCUT2D eigenvalue weighted by molar-refractivity contribution is -0.120. The molecule has 4 nitrogen and oxygen atoms in total. The standard InChI is InChI=1S/C20H21N3OS2/c1-11-12(2)25-19-16(11)20(22-13(3)21-19)26-17(14-7-5-4-6-8-14)18(24)23-15-9-10-15/h4-8,15,17H,9-10H2,1-3H3,(H,23,24)/t17-/m0/s1. The molecular formula is C20H21N3OS2. The fraction of sp³-hybridized carbons (Fsp3) is 0.350. The van der Waals surface area contributed by atoms with Crippen LogP contribution in [0.2, 0.25) is 0 Å². The van der Waals surface area contributed by atoms with Crippen molar-refractivity contribution in [1.29, 1.82) is 0 Å². The summed E-state index contributed by atoms with van der Waals surface area (Å²) in [6.45, 7) is 6.13. The molecule has 0 bridgehead atoms. The molecule has 0 spiro atoms. The molecule has 2 aromatic heterocycles. The Morgan fingerprint density at radius 1 is 1.19 bits per heavy atom.